The molecule has 5 nitrogen and oxygen atoms in total. The van der Waals surface area contributed by atoms with E-state index in [0.29, 0.717) is 12.5 Å². The number of thiazole rings is 1. The predicted molar refractivity (Wildman–Crippen MR) is 94.5 cm³/mol. The van der Waals surface area contributed by atoms with Gasteiger partial charge in [0.15, 0.2) is 0 Å². The van der Waals surface area contributed by atoms with Crippen molar-refractivity contribution in [3.8, 4) is 0 Å². The van der Waals surface area contributed by atoms with E-state index in [9.17, 15) is 4.79 Å². The Morgan fingerprint density at radius 2 is 2.21 bits per heavy atom. The highest BCUT2D eigenvalue weighted by Gasteiger charge is 2.48. The van der Waals surface area contributed by atoms with Gasteiger partial charge in [0.05, 0.1) is 22.3 Å². The highest BCUT2D eigenvalue weighted by Crippen LogP contribution is 2.43. The summed E-state index contributed by atoms with van der Waals surface area (Å²) in [6.45, 7) is 3.52. The molecule has 0 bridgehead atoms. The summed E-state index contributed by atoms with van der Waals surface area (Å²) in [5.41, 5.74) is 1.08. The molecule has 1 saturated carbocycles. The van der Waals surface area contributed by atoms with E-state index < -0.39 is 0 Å². The van der Waals surface area contributed by atoms with Crippen LogP contribution in [0.25, 0.3) is 0 Å². The van der Waals surface area contributed by atoms with Crippen LogP contribution >= 0.6 is 11.3 Å². The molecule has 0 spiro atoms. The highest BCUT2D eigenvalue weighted by molar-refractivity contribution is 7.11. The molecule has 24 heavy (non-hydrogen) atoms. The van der Waals surface area contributed by atoms with Crippen LogP contribution < -0.4 is 10.6 Å². The number of ether oxygens (including phenoxy) is 1. The number of rotatable bonds is 5. The van der Waals surface area contributed by atoms with Gasteiger partial charge in [-0.3, -0.25) is 0 Å². The Morgan fingerprint density at radius 3 is 3.00 bits per heavy atom. The summed E-state index contributed by atoms with van der Waals surface area (Å²) in [4.78, 5) is 18.5. The summed E-state index contributed by atoms with van der Waals surface area (Å²) in [6.07, 6.45) is 9.25. The zero-order chi connectivity index (χ0) is 16.6. The fourth-order valence-corrected chi connectivity index (χ4v) is 5.17. The number of aromatic nitrogens is 1. The van der Waals surface area contributed by atoms with Crippen LogP contribution in [0.2, 0.25) is 0 Å². The monoisotopic (exact) mass is 349 g/mol. The Kier molecular flexibility index (Phi) is 4.52. The minimum Gasteiger partial charge on any atom is -0.375 e. The summed E-state index contributed by atoms with van der Waals surface area (Å²) in [6, 6.07) is -0.0741. The van der Waals surface area contributed by atoms with Crippen LogP contribution in [0.4, 0.5) is 4.79 Å². The molecule has 2 amide bonds. The van der Waals surface area contributed by atoms with Crippen molar-refractivity contribution in [2.75, 3.05) is 13.2 Å². The Hall–Kier alpha value is -1.14. The topological polar surface area (TPSA) is 63.2 Å². The Balaban J connectivity index is 1.25. The molecule has 1 aliphatic heterocycles. The lowest BCUT2D eigenvalue weighted by Crippen LogP contribution is -2.55. The van der Waals surface area contributed by atoms with Crippen LogP contribution in [0.5, 0.6) is 0 Å². The van der Waals surface area contributed by atoms with Gasteiger partial charge in [-0.15, -0.1) is 11.3 Å². The number of nitrogens with zero attached hydrogens (tertiary/aromatic N) is 1. The Morgan fingerprint density at radius 1 is 1.38 bits per heavy atom. The van der Waals surface area contributed by atoms with Crippen LogP contribution in [0.1, 0.15) is 54.6 Å². The maximum Gasteiger partial charge on any atom is 0.315 e. The summed E-state index contributed by atoms with van der Waals surface area (Å²) < 4.78 is 5.86. The van der Waals surface area contributed by atoms with Crippen molar-refractivity contribution < 1.29 is 9.53 Å². The van der Waals surface area contributed by atoms with Crippen LogP contribution in [0, 0.1) is 5.92 Å². The Bertz CT molecular complexity index is 590. The third-order valence-corrected chi connectivity index (χ3v) is 6.73. The fraction of sp³-hybridized carbons (Fsp3) is 0.778. The van der Waals surface area contributed by atoms with E-state index in [0.717, 1.165) is 30.9 Å². The van der Waals surface area contributed by atoms with Gasteiger partial charge in [-0.2, -0.15) is 0 Å². The summed E-state index contributed by atoms with van der Waals surface area (Å²) >= 11 is 1.83. The summed E-state index contributed by atoms with van der Waals surface area (Å²) in [7, 11) is 0. The lowest BCUT2D eigenvalue weighted by atomic mass is 9.90. The molecule has 4 rings (SSSR count). The zero-order valence-electron chi connectivity index (χ0n) is 14.4. The first-order valence-corrected chi connectivity index (χ1v) is 10.1. The van der Waals surface area contributed by atoms with Crippen molar-refractivity contribution in [1.82, 2.24) is 15.6 Å². The van der Waals surface area contributed by atoms with Crippen molar-refractivity contribution in [2.24, 2.45) is 5.92 Å². The second kappa shape index (κ2) is 6.64. The lowest BCUT2D eigenvalue weighted by Gasteiger charge is -2.31. The molecule has 2 fully saturated rings. The molecule has 3 aliphatic rings. The van der Waals surface area contributed by atoms with Gasteiger partial charge in [0.1, 0.15) is 0 Å². The number of hydrogen-bond donors (Lipinski definition) is 2. The molecule has 0 radical (unpaired) electrons. The number of fused-ring (bicyclic) bond motifs is 1. The fourth-order valence-electron chi connectivity index (χ4n) is 4.01. The second-order valence-electron chi connectivity index (χ2n) is 7.61. The van der Waals surface area contributed by atoms with Crippen LogP contribution in [-0.2, 0) is 24.0 Å². The number of urea groups is 1. The van der Waals surface area contributed by atoms with Gasteiger partial charge in [0.2, 0.25) is 0 Å². The summed E-state index contributed by atoms with van der Waals surface area (Å²) in [5, 5.41) is 7.34. The van der Waals surface area contributed by atoms with Crippen molar-refractivity contribution >= 4 is 17.4 Å². The number of aryl methyl sites for hydroxylation is 2. The van der Waals surface area contributed by atoms with Crippen molar-refractivity contribution in [1.29, 1.82) is 0 Å². The van der Waals surface area contributed by atoms with E-state index in [1.807, 2.05) is 11.3 Å². The minimum absolute atomic E-state index is 0.0741. The van der Waals surface area contributed by atoms with Crippen molar-refractivity contribution in [2.45, 2.75) is 69.9 Å². The standard InChI is InChI=1S/C18H27N3O2S/c1-18(9-11-23-16(18)12-6-7-12)21-17(22)19-10-8-15-20-13-4-2-3-5-14(13)24-15/h12,16H,2-11H2,1H3,(H2,19,21,22)/t16-,18+/m1/s1. The lowest BCUT2D eigenvalue weighted by molar-refractivity contribution is 0.0591. The maximum absolute atomic E-state index is 12.3. The van der Waals surface area contributed by atoms with Crippen LogP contribution in [-0.4, -0.2) is 35.8 Å². The first-order valence-electron chi connectivity index (χ1n) is 9.29. The molecule has 6 heteroatoms. The molecule has 1 aromatic rings. The van der Waals surface area contributed by atoms with Gasteiger partial charge < -0.3 is 15.4 Å². The molecule has 0 unspecified atom stereocenters. The molecule has 132 valence electrons. The molecule has 2 aliphatic carbocycles. The molecule has 1 saturated heterocycles. The largest absolute Gasteiger partial charge is 0.375 e. The van der Waals surface area contributed by atoms with E-state index in [-0.39, 0.29) is 17.7 Å². The van der Waals surface area contributed by atoms with Gasteiger partial charge in [-0.05, 0) is 57.8 Å². The Labute approximate surface area is 147 Å². The predicted octanol–water partition coefficient (Wildman–Crippen LogP) is 2.82. The van der Waals surface area contributed by atoms with Crippen LogP contribution in [0.15, 0.2) is 0 Å². The molecule has 1 aromatic heterocycles. The number of nitrogens with one attached hydrogen (secondary N) is 2. The molecule has 2 heterocycles. The van der Waals surface area contributed by atoms with Gasteiger partial charge >= 0.3 is 6.03 Å². The molecular weight excluding hydrogens is 322 g/mol. The smallest absolute Gasteiger partial charge is 0.315 e. The number of carbonyl (C=O) groups excluding carboxylic acids is 1. The first kappa shape index (κ1) is 16.3. The summed E-state index contributed by atoms with van der Waals surface area (Å²) in [5.74, 6) is 0.638. The number of carbonyl (C=O) groups is 1. The minimum atomic E-state index is -0.217. The van der Waals surface area contributed by atoms with Gasteiger partial charge in [-0.1, -0.05) is 0 Å². The zero-order valence-corrected chi connectivity index (χ0v) is 15.2. The van der Waals surface area contributed by atoms with Crippen LogP contribution in [0.3, 0.4) is 0 Å². The molecular formula is C18H27N3O2S. The average Bonchev–Trinajstić information content (AvgIpc) is 3.19. The second-order valence-corrected chi connectivity index (χ2v) is 8.78. The first-order chi connectivity index (χ1) is 11.6. The van der Waals surface area contributed by atoms with Crippen molar-refractivity contribution in [3.63, 3.8) is 0 Å². The van der Waals surface area contributed by atoms with E-state index in [4.69, 9.17) is 9.72 Å². The average molecular weight is 350 g/mol. The number of amides is 2. The SMILES string of the molecule is C[C@]1(NC(=O)NCCc2nc3c(s2)CCCC3)CCO[C@@H]1C1CC1. The quantitative estimate of drug-likeness (QED) is 0.859. The number of hydrogen-bond acceptors (Lipinski definition) is 4. The van der Waals surface area contributed by atoms with Gasteiger partial charge in [-0.25, -0.2) is 9.78 Å². The van der Waals surface area contributed by atoms with Crippen molar-refractivity contribution in [3.05, 3.63) is 15.6 Å². The van der Waals surface area contributed by atoms with E-state index in [1.165, 1.54) is 42.7 Å². The van der Waals surface area contributed by atoms with E-state index in [2.05, 4.69) is 17.6 Å². The molecule has 0 aromatic carbocycles. The highest BCUT2D eigenvalue weighted by atomic mass is 32.1. The third-order valence-electron chi connectivity index (χ3n) is 5.51. The maximum atomic E-state index is 12.3. The van der Waals surface area contributed by atoms with Gasteiger partial charge in [0, 0.05) is 24.4 Å². The van der Waals surface area contributed by atoms with E-state index >= 15 is 0 Å². The van der Waals surface area contributed by atoms with Gasteiger partial charge in [0.25, 0.3) is 0 Å². The molecule has 2 atom stereocenters. The molecule has 2 N–H and O–H groups in total. The third kappa shape index (κ3) is 3.45. The normalized spacial score (nSPS) is 29.3. The van der Waals surface area contributed by atoms with E-state index in [1.54, 1.807) is 0 Å².